The van der Waals surface area contributed by atoms with Gasteiger partial charge in [-0.15, -0.1) is 0 Å². The fourth-order valence-electron chi connectivity index (χ4n) is 3.73. The van der Waals surface area contributed by atoms with Crippen molar-refractivity contribution in [2.45, 2.75) is 6.61 Å². The van der Waals surface area contributed by atoms with Crippen LogP contribution in [0, 0.1) is 0 Å². The molecule has 42 heavy (non-hydrogen) atoms. The van der Waals surface area contributed by atoms with Crippen molar-refractivity contribution in [3.63, 3.8) is 0 Å². The smallest absolute Gasteiger partial charge is 0.275 e. The van der Waals surface area contributed by atoms with E-state index in [1.54, 1.807) is 72.8 Å². The molecule has 11 heteroatoms. The lowest BCUT2D eigenvalue weighted by Gasteiger charge is -2.13. The van der Waals surface area contributed by atoms with E-state index < -0.39 is 11.8 Å². The third kappa shape index (κ3) is 8.39. The molecule has 2 N–H and O–H groups in total. The van der Waals surface area contributed by atoms with E-state index in [1.165, 1.54) is 20.4 Å². The standard InChI is InChI=1S/C31H27Cl2N3O6/c1-39-28-16-23(33)12-13-25(28)35-30(37)19-42-27-14-9-21(15-29(27)40-2)17-34-36-31(38)24-5-3-4-6-26(24)41-18-20-7-10-22(32)11-8-20/h3-17H,18-19H2,1-2H3,(H,35,37)(H,36,38). The summed E-state index contributed by atoms with van der Waals surface area (Å²) in [6.45, 7) is 0.00105. The predicted octanol–water partition coefficient (Wildman–Crippen LogP) is 6.37. The number of benzene rings is 4. The van der Waals surface area contributed by atoms with Gasteiger partial charge in [-0.25, -0.2) is 5.43 Å². The van der Waals surface area contributed by atoms with E-state index >= 15 is 0 Å². The van der Waals surface area contributed by atoms with Crippen LogP contribution >= 0.6 is 23.2 Å². The number of hydrogen-bond acceptors (Lipinski definition) is 7. The Bertz CT molecular complexity index is 1580. The fourth-order valence-corrected chi connectivity index (χ4v) is 4.02. The minimum atomic E-state index is -0.437. The first-order valence-corrected chi connectivity index (χ1v) is 13.4. The number of methoxy groups -OCH3 is 2. The number of ether oxygens (including phenoxy) is 4. The number of carbonyl (C=O) groups is 2. The molecule has 4 rings (SSSR count). The quantitative estimate of drug-likeness (QED) is 0.143. The van der Waals surface area contributed by atoms with Crippen LogP contribution in [0.3, 0.4) is 0 Å². The molecule has 4 aromatic rings. The first-order valence-electron chi connectivity index (χ1n) is 12.6. The molecule has 0 aromatic heterocycles. The third-order valence-electron chi connectivity index (χ3n) is 5.80. The van der Waals surface area contributed by atoms with Gasteiger partial charge < -0.3 is 24.3 Å². The maximum Gasteiger partial charge on any atom is 0.275 e. The molecule has 2 amide bonds. The molecule has 0 saturated carbocycles. The summed E-state index contributed by atoms with van der Waals surface area (Å²) in [7, 11) is 2.96. The van der Waals surface area contributed by atoms with Gasteiger partial charge in [0.05, 0.1) is 31.7 Å². The molecule has 9 nitrogen and oxygen atoms in total. The normalized spacial score (nSPS) is 10.7. The van der Waals surface area contributed by atoms with Gasteiger partial charge in [0.15, 0.2) is 18.1 Å². The molecule has 0 bridgehead atoms. The molecular formula is C31H27Cl2N3O6. The Morgan fingerprint density at radius 1 is 0.786 bits per heavy atom. The van der Waals surface area contributed by atoms with Crippen molar-refractivity contribution >= 4 is 46.9 Å². The van der Waals surface area contributed by atoms with Crippen LogP contribution in [0.1, 0.15) is 21.5 Å². The van der Waals surface area contributed by atoms with E-state index in [2.05, 4.69) is 15.8 Å². The molecule has 0 aliphatic heterocycles. The minimum Gasteiger partial charge on any atom is -0.495 e. The van der Waals surface area contributed by atoms with Gasteiger partial charge in [-0.2, -0.15) is 5.10 Å². The molecule has 0 heterocycles. The van der Waals surface area contributed by atoms with Crippen LogP contribution in [0.2, 0.25) is 10.0 Å². The zero-order valence-corrected chi connectivity index (χ0v) is 24.2. The number of nitrogens with one attached hydrogen (secondary N) is 2. The van der Waals surface area contributed by atoms with Gasteiger partial charge in [0.2, 0.25) is 0 Å². The van der Waals surface area contributed by atoms with E-state index in [1.807, 2.05) is 12.1 Å². The monoisotopic (exact) mass is 607 g/mol. The van der Waals surface area contributed by atoms with Crippen molar-refractivity contribution in [2.24, 2.45) is 5.10 Å². The van der Waals surface area contributed by atoms with Crippen LogP contribution in [0.5, 0.6) is 23.0 Å². The summed E-state index contributed by atoms with van der Waals surface area (Å²) in [6, 6.07) is 24.0. The minimum absolute atomic E-state index is 0.273. The highest BCUT2D eigenvalue weighted by Crippen LogP contribution is 2.29. The summed E-state index contributed by atoms with van der Waals surface area (Å²) in [5, 5.41) is 7.90. The molecule has 0 saturated heterocycles. The van der Waals surface area contributed by atoms with Gasteiger partial charge in [-0.1, -0.05) is 47.5 Å². The highest BCUT2D eigenvalue weighted by Gasteiger charge is 2.13. The van der Waals surface area contributed by atoms with Crippen molar-refractivity contribution in [1.29, 1.82) is 0 Å². The number of hydrogen-bond donors (Lipinski definition) is 2. The van der Waals surface area contributed by atoms with Crippen molar-refractivity contribution in [2.75, 3.05) is 26.1 Å². The summed E-state index contributed by atoms with van der Waals surface area (Å²) in [5.74, 6) is 0.739. The van der Waals surface area contributed by atoms with Crippen molar-refractivity contribution in [1.82, 2.24) is 5.43 Å². The third-order valence-corrected chi connectivity index (χ3v) is 6.29. The lowest BCUT2D eigenvalue weighted by atomic mass is 10.2. The number of nitrogens with zero attached hydrogens (tertiary/aromatic N) is 1. The number of rotatable bonds is 12. The van der Waals surface area contributed by atoms with E-state index in [9.17, 15) is 9.59 Å². The first kappa shape index (κ1) is 30.2. The molecular weight excluding hydrogens is 581 g/mol. The van der Waals surface area contributed by atoms with Crippen molar-refractivity contribution in [3.8, 4) is 23.0 Å². The second-order valence-corrected chi connectivity index (χ2v) is 9.58. The summed E-state index contributed by atoms with van der Waals surface area (Å²) in [6.07, 6.45) is 1.46. The van der Waals surface area contributed by atoms with Crippen LogP contribution in [0.25, 0.3) is 0 Å². The van der Waals surface area contributed by atoms with Gasteiger partial charge in [0.25, 0.3) is 11.8 Å². The van der Waals surface area contributed by atoms with E-state index in [0.29, 0.717) is 49.9 Å². The average molecular weight is 608 g/mol. The molecule has 4 aromatic carbocycles. The van der Waals surface area contributed by atoms with Crippen LogP contribution in [-0.2, 0) is 11.4 Å². The average Bonchev–Trinajstić information content (AvgIpc) is 3.01. The number of anilines is 1. The fraction of sp³-hybridized carbons (Fsp3) is 0.129. The molecule has 216 valence electrons. The molecule has 0 radical (unpaired) electrons. The van der Waals surface area contributed by atoms with Crippen molar-refractivity contribution < 1.29 is 28.5 Å². The number of halogens is 2. The first-order chi connectivity index (χ1) is 20.4. The summed E-state index contributed by atoms with van der Waals surface area (Å²) < 4.78 is 22.1. The molecule has 0 spiro atoms. The second-order valence-electron chi connectivity index (χ2n) is 8.70. The Hall–Kier alpha value is -4.73. The highest BCUT2D eigenvalue weighted by molar-refractivity contribution is 6.31. The van der Waals surface area contributed by atoms with E-state index in [0.717, 1.165) is 5.56 Å². The van der Waals surface area contributed by atoms with Crippen LogP contribution in [0.4, 0.5) is 5.69 Å². The molecule has 0 fully saturated rings. The van der Waals surface area contributed by atoms with Crippen LogP contribution in [-0.4, -0.2) is 38.9 Å². The molecule has 0 unspecified atom stereocenters. The molecule has 0 aliphatic rings. The van der Waals surface area contributed by atoms with E-state index in [-0.39, 0.29) is 13.2 Å². The topological polar surface area (TPSA) is 107 Å². The number of amides is 2. The van der Waals surface area contributed by atoms with E-state index in [4.69, 9.17) is 42.1 Å². The lowest BCUT2D eigenvalue weighted by molar-refractivity contribution is -0.118. The van der Waals surface area contributed by atoms with Gasteiger partial charge >= 0.3 is 0 Å². The van der Waals surface area contributed by atoms with Crippen LogP contribution < -0.4 is 29.7 Å². The number of para-hydroxylation sites is 1. The number of hydrazone groups is 1. The van der Waals surface area contributed by atoms with Gasteiger partial charge in [0, 0.05) is 16.1 Å². The summed E-state index contributed by atoms with van der Waals surface area (Å²) in [5.41, 5.74) is 4.85. The summed E-state index contributed by atoms with van der Waals surface area (Å²) in [4.78, 5) is 25.2. The number of carbonyl (C=O) groups excluding carboxylic acids is 2. The van der Waals surface area contributed by atoms with Gasteiger partial charge in [-0.3, -0.25) is 9.59 Å². The zero-order valence-electron chi connectivity index (χ0n) is 22.7. The van der Waals surface area contributed by atoms with Crippen LogP contribution in [0.15, 0.2) is 90.0 Å². The molecule has 0 aliphatic carbocycles. The Morgan fingerprint density at radius 3 is 2.29 bits per heavy atom. The molecule has 0 atom stereocenters. The maximum atomic E-state index is 12.8. The van der Waals surface area contributed by atoms with Gasteiger partial charge in [-0.05, 0) is 65.7 Å². The Labute approximate surface area is 253 Å². The largest absolute Gasteiger partial charge is 0.495 e. The highest BCUT2D eigenvalue weighted by atomic mass is 35.5. The SMILES string of the molecule is COc1cc(Cl)ccc1NC(=O)COc1ccc(C=NNC(=O)c2ccccc2OCc2ccc(Cl)cc2)cc1OC. The maximum absolute atomic E-state index is 12.8. The zero-order chi connectivity index (χ0) is 29.9. The predicted molar refractivity (Wildman–Crippen MR) is 162 cm³/mol. The Balaban J connectivity index is 1.33. The lowest BCUT2D eigenvalue weighted by Crippen LogP contribution is -2.20. The Kier molecular flexibility index (Phi) is 10.6. The summed E-state index contributed by atoms with van der Waals surface area (Å²) >= 11 is 11.9. The van der Waals surface area contributed by atoms with Crippen molar-refractivity contribution in [3.05, 3.63) is 112 Å². The van der Waals surface area contributed by atoms with Gasteiger partial charge in [0.1, 0.15) is 18.1 Å². The second kappa shape index (κ2) is 14.8. The Morgan fingerprint density at radius 2 is 1.52 bits per heavy atom.